The minimum absolute atomic E-state index is 0.115. The molecule has 8 heteroatoms. The fourth-order valence-corrected chi connectivity index (χ4v) is 3.04. The third-order valence-corrected chi connectivity index (χ3v) is 4.48. The number of carbonyl (C=O) groups is 1. The summed E-state index contributed by atoms with van der Waals surface area (Å²) < 4.78 is 7.06. The van der Waals surface area contributed by atoms with Gasteiger partial charge in [-0.2, -0.15) is 0 Å². The highest BCUT2D eigenvalue weighted by Gasteiger charge is 2.15. The zero-order valence-corrected chi connectivity index (χ0v) is 15.5. The van der Waals surface area contributed by atoms with Crippen LogP contribution in [0.5, 0.6) is 5.75 Å². The number of hydrogen-bond donors (Lipinski definition) is 0. The van der Waals surface area contributed by atoms with Crippen molar-refractivity contribution in [3.05, 3.63) is 72.6 Å². The van der Waals surface area contributed by atoms with Gasteiger partial charge in [-0.15, -0.1) is 10.2 Å². The number of nitrogens with zero attached hydrogens (tertiary/aromatic N) is 6. The van der Waals surface area contributed by atoms with Crippen molar-refractivity contribution in [1.29, 1.82) is 0 Å². The molecule has 0 aliphatic carbocycles. The molecule has 1 amide bonds. The minimum Gasteiger partial charge on any atom is -0.494 e. The Labute approximate surface area is 161 Å². The maximum atomic E-state index is 12.8. The predicted octanol–water partition coefficient (Wildman–Crippen LogP) is 2.49. The van der Waals surface area contributed by atoms with Crippen LogP contribution in [0.4, 0.5) is 0 Å². The Morgan fingerprint density at radius 1 is 1.11 bits per heavy atom. The van der Waals surface area contributed by atoms with Gasteiger partial charge in [-0.3, -0.25) is 14.3 Å². The molecule has 0 fully saturated rings. The van der Waals surface area contributed by atoms with Gasteiger partial charge in [0.15, 0.2) is 0 Å². The number of benzene rings is 1. The zero-order chi connectivity index (χ0) is 19.5. The fraction of sp³-hybridized carbons (Fsp3) is 0.150. The summed E-state index contributed by atoms with van der Waals surface area (Å²) in [5.41, 5.74) is 2.28. The Morgan fingerprint density at radius 2 is 1.93 bits per heavy atom. The van der Waals surface area contributed by atoms with Crippen molar-refractivity contribution < 1.29 is 9.53 Å². The summed E-state index contributed by atoms with van der Waals surface area (Å²) in [5.74, 6) is 1.24. The van der Waals surface area contributed by atoms with Gasteiger partial charge >= 0.3 is 0 Å². The third kappa shape index (κ3) is 3.27. The fourth-order valence-electron chi connectivity index (χ4n) is 3.04. The van der Waals surface area contributed by atoms with Crippen LogP contribution in [0.3, 0.4) is 0 Å². The lowest BCUT2D eigenvalue weighted by Crippen LogP contribution is -2.26. The van der Waals surface area contributed by atoms with E-state index < -0.39 is 0 Å². The van der Waals surface area contributed by atoms with Crippen molar-refractivity contribution in [3.63, 3.8) is 0 Å². The van der Waals surface area contributed by atoms with E-state index in [1.807, 2.05) is 24.3 Å². The summed E-state index contributed by atoms with van der Waals surface area (Å²) in [6, 6.07) is 11.2. The van der Waals surface area contributed by atoms with Gasteiger partial charge in [-0.05, 0) is 29.8 Å². The quantitative estimate of drug-likeness (QED) is 0.533. The Balaban J connectivity index is 1.56. The largest absolute Gasteiger partial charge is 0.494 e. The molecule has 0 saturated carbocycles. The van der Waals surface area contributed by atoms with Gasteiger partial charge in [0.1, 0.15) is 29.7 Å². The van der Waals surface area contributed by atoms with Crippen LogP contribution in [0, 0.1) is 0 Å². The van der Waals surface area contributed by atoms with E-state index in [0.29, 0.717) is 23.7 Å². The number of rotatable bonds is 5. The average Bonchev–Trinajstić information content (AvgIpc) is 3.28. The predicted molar refractivity (Wildman–Crippen MR) is 103 cm³/mol. The van der Waals surface area contributed by atoms with Crippen LogP contribution in [-0.4, -0.2) is 49.7 Å². The summed E-state index contributed by atoms with van der Waals surface area (Å²) in [6.45, 7) is 0.443. The number of methoxy groups -OCH3 is 1. The Kier molecular flexibility index (Phi) is 4.67. The maximum Gasteiger partial charge on any atom is 0.255 e. The summed E-state index contributed by atoms with van der Waals surface area (Å²) in [4.78, 5) is 23.2. The minimum atomic E-state index is -0.115. The molecular formula is C20H18N6O2. The van der Waals surface area contributed by atoms with Gasteiger partial charge in [-0.25, -0.2) is 4.98 Å². The second-order valence-electron chi connectivity index (χ2n) is 6.26. The molecule has 0 atom stereocenters. The molecule has 0 aliphatic rings. The molecule has 4 rings (SSSR count). The molecule has 0 bridgehead atoms. The Hall–Kier alpha value is -3.81. The smallest absolute Gasteiger partial charge is 0.255 e. The molecule has 28 heavy (non-hydrogen) atoms. The van der Waals surface area contributed by atoms with E-state index in [1.54, 1.807) is 60.8 Å². The second kappa shape index (κ2) is 7.43. The van der Waals surface area contributed by atoms with Gasteiger partial charge in [-0.1, -0.05) is 12.1 Å². The van der Waals surface area contributed by atoms with Crippen LogP contribution in [-0.2, 0) is 6.54 Å². The van der Waals surface area contributed by atoms with E-state index in [1.165, 1.54) is 0 Å². The first-order chi connectivity index (χ1) is 13.7. The van der Waals surface area contributed by atoms with Crippen molar-refractivity contribution in [2.24, 2.45) is 0 Å². The topological polar surface area (TPSA) is 86.0 Å². The van der Waals surface area contributed by atoms with Gasteiger partial charge in [0.25, 0.3) is 5.91 Å². The maximum absolute atomic E-state index is 12.8. The van der Waals surface area contributed by atoms with Crippen molar-refractivity contribution in [3.8, 4) is 11.6 Å². The zero-order valence-electron chi connectivity index (χ0n) is 15.5. The van der Waals surface area contributed by atoms with Crippen LogP contribution in [0.2, 0.25) is 0 Å². The van der Waals surface area contributed by atoms with Crippen LogP contribution >= 0.6 is 0 Å². The monoisotopic (exact) mass is 374 g/mol. The van der Waals surface area contributed by atoms with Gasteiger partial charge < -0.3 is 9.64 Å². The van der Waals surface area contributed by atoms with Crippen LogP contribution in [0.15, 0.2) is 61.4 Å². The van der Waals surface area contributed by atoms with E-state index in [0.717, 1.165) is 16.5 Å². The van der Waals surface area contributed by atoms with Crippen LogP contribution in [0.25, 0.3) is 16.7 Å². The average molecular weight is 374 g/mol. The number of ether oxygens (including phenoxy) is 1. The number of carbonyl (C=O) groups excluding carboxylic acids is 1. The lowest BCUT2D eigenvalue weighted by atomic mass is 10.1. The summed E-state index contributed by atoms with van der Waals surface area (Å²) >= 11 is 0. The molecular weight excluding hydrogens is 356 g/mol. The Bertz CT molecular complexity index is 1110. The molecule has 8 nitrogen and oxygen atoms in total. The van der Waals surface area contributed by atoms with Crippen molar-refractivity contribution >= 4 is 16.8 Å². The molecule has 0 aliphatic heterocycles. The normalized spacial score (nSPS) is 10.8. The highest BCUT2D eigenvalue weighted by atomic mass is 16.5. The number of hydrogen-bond acceptors (Lipinski definition) is 6. The second-order valence-corrected chi connectivity index (χ2v) is 6.26. The highest BCUT2D eigenvalue weighted by Crippen LogP contribution is 2.27. The van der Waals surface area contributed by atoms with E-state index in [9.17, 15) is 4.79 Å². The van der Waals surface area contributed by atoms with E-state index in [4.69, 9.17) is 4.74 Å². The standard InChI is InChI=1S/C20H18N6O2/c1-25(11-15-5-7-17(28-2)19-16(15)4-3-9-21-19)20(27)14-6-8-18(22-10-14)26-12-23-24-13-26/h3-10,12-13H,11H2,1-2H3. The number of amides is 1. The molecule has 140 valence electrons. The van der Waals surface area contributed by atoms with E-state index in [-0.39, 0.29) is 5.91 Å². The summed E-state index contributed by atoms with van der Waals surface area (Å²) in [5, 5.41) is 8.46. The van der Waals surface area contributed by atoms with Gasteiger partial charge in [0, 0.05) is 31.4 Å². The van der Waals surface area contributed by atoms with Crippen molar-refractivity contribution in [2.75, 3.05) is 14.2 Å². The number of fused-ring (bicyclic) bond motifs is 1. The molecule has 3 heterocycles. The molecule has 1 aromatic carbocycles. The van der Waals surface area contributed by atoms with Crippen molar-refractivity contribution in [1.82, 2.24) is 29.6 Å². The Morgan fingerprint density at radius 3 is 2.64 bits per heavy atom. The number of pyridine rings is 2. The molecule has 0 saturated heterocycles. The molecule has 0 radical (unpaired) electrons. The molecule has 0 unspecified atom stereocenters. The lowest BCUT2D eigenvalue weighted by molar-refractivity contribution is 0.0785. The summed E-state index contributed by atoms with van der Waals surface area (Å²) in [6.07, 6.45) is 6.39. The third-order valence-electron chi connectivity index (χ3n) is 4.48. The van der Waals surface area contributed by atoms with Crippen molar-refractivity contribution in [2.45, 2.75) is 6.54 Å². The molecule has 4 aromatic rings. The first-order valence-electron chi connectivity index (χ1n) is 8.64. The highest BCUT2D eigenvalue weighted by molar-refractivity contribution is 5.94. The van der Waals surface area contributed by atoms with Crippen LogP contribution < -0.4 is 4.74 Å². The molecule has 0 spiro atoms. The first kappa shape index (κ1) is 17.6. The van der Waals surface area contributed by atoms with Crippen LogP contribution in [0.1, 0.15) is 15.9 Å². The van der Waals surface area contributed by atoms with Gasteiger partial charge in [0.05, 0.1) is 12.7 Å². The van der Waals surface area contributed by atoms with E-state index in [2.05, 4.69) is 20.2 Å². The lowest BCUT2D eigenvalue weighted by Gasteiger charge is -2.19. The molecule has 0 N–H and O–H groups in total. The molecule has 3 aromatic heterocycles. The van der Waals surface area contributed by atoms with E-state index >= 15 is 0 Å². The SMILES string of the molecule is COc1ccc(CN(C)C(=O)c2ccc(-n3cnnc3)nc2)c2cccnc12. The van der Waals surface area contributed by atoms with Gasteiger partial charge in [0.2, 0.25) is 0 Å². The number of aromatic nitrogens is 5. The summed E-state index contributed by atoms with van der Waals surface area (Å²) in [7, 11) is 3.39. The first-order valence-corrected chi connectivity index (χ1v) is 8.64.